The van der Waals surface area contributed by atoms with E-state index in [1.165, 1.54) is 6.92 Å². The summed E-state index contributed by atoms with van der Waals surface area (Å²) in [6.45, 7) is 1.39. The van der Waals surface area contributed by atoms with Gasteiger partial charge in [-0.25, -0.2) is 17.5 Å². The van der Waals surface area contributed by atoms with Crippen LogP contribution in [0.15, 0.2) is 23.1 Å². The molecule has 0 bridgehead atoms. The number of carboxylic acid groups (broad SMARTS) is 1. The van der Waals surface area contributed by atoms with Gasteiger partial charge in [0.2, 0.25) is 10.0 Å². The molecule has 1 atom stereocenters. The molecule has 0 heterocycles. The second-order valence-electron chi connectivity index (χ2n) is 3.69. The molecule has 0 aliphatic rings. The van der Waals surface area contributed by atoms with Crippen molar-refractivity contribution >= 4 is 27.6 Å². The van der Waals surface area contributed by atoms with E-state index in [-0.39, 0.29) is 11.4 Å². The minimum Gasteiger partial charge on any atom is -0.481 e. The molecule has 1 rings (SSSR count). The topological polar surface area (TPSA) is 83.5 Å². The van der Waals surface area contributed by atoms with Gasteiger partial charge >= 0.3 is 5.97 Å². The average Bonchev–Trinajstić information content (AvgIpc) is 2.19. The third-order valence-electron chi connectivity index (χ3n) is 2.02. The number of halogens is 2. The highest BCUT2D eigenvalue weighted by Gasteiger charge is 2.22. The minimum absolute atomic E-state index is 0.133. The highest BCUT2D eigenvalue weighted by Crippen LogP contribution is 2.22. The predicted octanol–water partition coefficient (Wildman–Crippen LogP) is 1.62. The van der Waals surface area contributed by atoms with Crippen molar-refractivity contribution in [3.63, 3.8) is 0 Å². The van der Waals surface area contributed by atoms with Crippen LogP contribution in [0.25, 0.3) is 0 Å². The number of nitrogens with one attached hydrogen (secondary N) is 1. The highest BCUT2D eigenvalue weighted by molar-refractivity contribution is 7.89. The second-order valence-corrected chi connectivity index (χ2v) is 5.78. The van der Waals surface area contributed by atoms with Gasteiger partial charge in [0, 0.05) is 6.04 Å². The molecule has 0 saturated heterocycles. The van der Waals surface area contributed by atoms with E-state index in [9.17, 15) is 17.6 Å². The Morgan fingerprint density at radius 1 is 1.56 bits per heavy atom. The van der Waals surface area contributed by atoms with Crippen LogP contribution in [0, 0.1) is 5.82 Å². The van der Waals surface area contributed by atoms with Crippen molar-refractivity contribution in [2.24, 2.45) is 0 Å². The fourth-order valence-electron chi connectivity index (χ4n) is 1.32. The van der Waals surface area contributed by atoms with Crippen molar-refractivity contribution in [3.8, 4) is 0 Å². The fraction of sp³-hybridized carbons (Fsp3) is 0.300. The van der Waals surface area contributed by atoms with Crippen molar-refractivity contribution in [3.05, 3.63) is 29.0 Å². The van der Waals surface area contributed by atoms with Gasteiger partial charge < -0.3 is 5.11 Å². The van der Waals surface area contributed by atoms with Crippen LogP contribution in [-0.4, -0.2) is 25.5 Å². The van der Waals surface area contributed by atoms with Crippen molar-refractivity contribution in [1.29, 1.82) is 0 Å². The minimum atomic E-state index is -4.04. The van der Waals surface area contributed by atoms with Gasteiger partial charge in [0.05, 0.1) is 11.4 Å². The molecule has 0 radical (unpaired) electrons. The molecular weight excluding hydrogens is 285 g/mol. The van der Waals surface area contributed by atoms with Gasteiger partial charge in [0.1, 0.15) is 10.7 Å². The van der Waals surface area contributed by atoms with Crippen LogP contribution in [0.2, 0.25) is 5.02 Å². The maximum Gasteiger partial charge on any atom is 0.304 e. The van der Waals surface area contributed by atoms with E-state index in [2.05, 4.69) is 4.72 Å². The van der Waals surface area contributed by atoms with E-state index < -0.39 is 32.7 Å². The third kappa shape index (κ3) is 3.94. The summed E-state index contributed by atoms with van der Waals surface area (Å²) in [5.41, 5.74) is 0. The molecular formula is C10H11ClFNO4S. The van der Waals surface area contributed by atoms with Crippen LogP contribution in [0.1, 0.15) is 13.3 Å². The zero-order chi connectivity index (χ0) is 13.9. The Balaban J connectivity index is 2.99. The first-order chi connectivity index (χ1) is 8.22. The Morgan fingerprint density at radius 3 is 2.72 bits per heavy atom. The molecule has 0 spiro atoms. The van der Waals surface area contributed by atoms with Crippen LogP contribution < -0.4 is 4.72 Å². The van der Waals surface area contributed by atoms with Gasteiger partial charge in [-0.1, -0.05) is 11.6 Å². The molecule has 8 heteroatoms. The van der Waals surface area contributed by atoms with Crippen molar-refractivity contribution in [1.82, 2.24) is 4.72 Å². The summed E-state index contributed by atoms with van der Waals surface area (Å²) >= 11 is 5.67. The van der Waals surface area contributed by atoms with E-state index >= 15 is 0 Å². The molecule has 0 fully saturated rings. The SMILES string of the molecule is CC(CC(=O)O)NS(=O)(=O)c1cc(F)ccc1Cl. The fourth-order valence-corrected chi connectivity index (χ4v) is 3.07. The molecule has 1 aromatic carbocycles. The van der Waals surface area contributed by atoms with Gasteiger partial charge in [-0.05, 0) is 25.1 Å². The van der Waals surface area contributed by atoms with E-state index in [1.54, 1.807) is 0 Å². The maximum atomic E-state index is 13.0. The molecule has 18 heavy (non-hydrogen) atoms. The quantitative estimate of drug-likeness (QED) is 0.864. The molecule has 1 aromatic rings. The van der Waals surface area contributed by atoms with Gasteiger partial charge in [-0.2, -0.15) is 0 Å². The van der Waals surface area contributed by atoms with Crippen LogP contribution in [0.5, 0.6) is 0 Å². The van der Waals surface area contributed by atoms with Gasteiger partial charge in [0.15, 0.2) is 0 Å². The first kappa shape index (κ1) is 14.9. The summed E-state index contributed by atoms with van der Waals surface area (Å²) < 4.78 is 38.8. The summed E-state index contributed by atoms with van der Waals surface area (Å²) in [4.78, 5) is 10.0. The monoisotopic (exact) mass is 295 g/mol. The van der Waals surface area contributed by atoms with Crippen LogP contribution in [0.3, 0.4) is 0 Å². The first-order valence-corrected chi connectivity index (χ1v) is 6.77. The standard InChI is InChI=1S/C10H11ClFNO4S/c1-6(4-10(14)15)13-18(16,17)9-5-7(12)2-3-8(9)11/h2-3,5-6,13H,4H2,1H3,(H,14,15). The summed E-state index contributed by atoms with van der Waals surface area (Å²) in [7, 11) is -4.04. The third-order valence-corrected chi connectivity index (χ3v) is 4.09. The average molecular weight is 296 g/mol. The number of carbonyl (C=O) groups is 1. The van der Waals surface area contributed by atoms with E-state index in [4.69, 9.17) is 16.7 Å². The molecule has 100 valence electrons. The van der Waals surface area contributed by atoms with E-state index in [1.807, 2.05) is 0 Å². The summed E-state index contributed by atoms with van der Waals surface area (Å²) in [5, 5.41) is 8.40. The zero-order valence-corrected chi connectivity index (χ0v) is 10.9. The Hall–Kier alpha value is -1.18. The molecule has 0 aliphatic carbocycles. The number of rotatable bonds is 5. The Kier molecular flexibility index (Phi) is 4.66. The lowest BCUT2D eigenvalue weighted by atomic mass is 10.3. The Morgan fingerprint density at radius 2 is 2.17 bits per heavy atom. The predicted molar refractivity (Wildman–Crippen MR) is 63.4 cm³/mol. The van der Waals surface area contributed by atoms with Crippen molar-refractivity contribution in [2.75, 3.05) is 0 Å². The van der Waals surface area contributed by atoms with Crippen molar-refractivity contribution in [2.45, 2.75) is 24.3 Å². The lowest BCUT2D eigenvalue weighted by molar-refractivity contribution is -0.137. The molecule has 0 aromatic heterocycles. The van der Waals surface area contributed by atoms with E-state index in [0.717, 1.165) is 18.2 Å². The lowest BCUT2D eigenvalue weighted by Crippen LogP contribution is -2.34. The molecule has 5 nitrogen and oxygen atoms in total. The number of hydrogen-bond donors (Lipinski definition) is 2. The highest BCUT2D eigenvalue weighted by atomic mass is 35.5. The smallest absolute Gasteiger partial charge is 0.304 e. The number of carboxylic acids is 1. The molecule has 0 amide bonds. The van der Waals surface area contributed by atoms with Crippen LogP contribution >= 0.6 is 11.6 Å². The number of aliphatic carboxylic acids is 1. The van der Waals surface area contributed by atoms with Gasteiger partial charge in [-0.15, -0.1) is 0 Å². The van der Waals surface area contributed by atoms with Crippen LogP contribution in [0.4, 0.5) is 4.39 Å². The molecule has 0 aliphatic heterocycles. The van der Waals surface area contributed by atoms with E-state index in [0.29, 0.717) is 0 Å². The van der Waals surface area contributed by atoms with Crippen molar-refractivity contribution < 1.29 is 22.7 Å². The first-order valence-electron chi connectivity index (χ1n) is 4.91. The zero-order valence-electron chi connectivity index (χ0n) is 9.35. The Labute approximate surface area is 109 Å². The summed E-state index contributed by atoms with van der Waals surface area (Å²) in [5.74, 6) is -1.89. The molecule has 1 unspecified atom stereocenters. The second kappa shape index (κ2) is 5.64. The summed E-state index contributed by atoms with van der Waals surface area (Å²) in [6, 6.07) is 2.10. The maximum absolute atomic E-state index is 13.0. The molecule has 0 saturated carbocycles. The lowest BCUT2D eigenvalue weighted by Gasteiger charge is -2.13. The number of hydrogen-bond acceptors (Lipinski definition) is 3. The van der Waals surface area contributed by atoms with Gasteiger partial charge in [-0.3, -0.25) is 4.79 Å². The van der Waals surface area contributed by atoms with Gasteiger partial charge in [0.25, 0.3) is 0 Å². The van der Waals surface area contributed by atoms with Crippen LogP contribution in [-0.2, 0) is 14.8 Å². The largest absolute Gasteiger partial charge is 0.481 e. The number of benzene rings is 1. The Bertz CT molecular complexity index is 561. The number of sulfonamides is 1. The molecule has 2 N–H and O–H groups in total. The normalized spacial score (nSPS) is 13.3. The summed E-state index contributed by atoms with van der Waals surface area (Å²) in [6.07, 6.45) is -0.383.